The summed E-state index contributed by atoms with van der Waals surface area (Å²) in [6.07, 6.45) is 2.98. The maximum absolute atomic E-state index is 11.8. The topological polar surface area (TPSA) is 99.2 Å². The van der Waals surface area contributed by atoms with Crippen molar-refractivity contribution in [1.82, 2.24) is 20.7 Å². The molecule has 0 atom stereocenters. The number of benzene rings is 1. The molecule has 0 bridgehead atoms. The van der Waals surface area contributed by atoms with Crippen LogP contribution in [0.1, 0.15) is 27.3 Å². The summed E-state index contributed by atoms with van der Waals surface area (Å²) in [5.74, 6) is -0.716. The minimum absolute atomic E-state index is 0.149. The smallest absolute Gasteiger partial charge is 0.259 e. The van der Waals surface area contributed by atoms with E-state index in [0.717, 1.165) is 11.3 Å². The van der Waals surface area contributed by atoms with E-state index in [-0.39, 0.29) is 12.5 Å². The van der Waals surface area contributed by atoms with Crippen LogP contribution in [0.3, 0.4) is 0 Å². The van der Waals surface area contributed by atoms with Gasteiger partial charge in [-0.25, -0.2) is 10.4 Å². The van der Waals surface area contributed by atoms with Crippen molar-refractivity contribution >= 4 is 18.0 Å². The molecule has 7 nitrogen and oxygen atoms in total. The number of rotatable bonds is 5. The molecule has 0 spiro atoms. The molecule has 1 aromatic heterocycles. The molecule has 114 valence electrons. The van der Waals surface area contributed by atoms with Gasteiger partial charge in [-0.15, -0.1) is 0 Å². The molecule has 0 aliphatic carbocycles. The Bertz CT molecular complexity index is 688. The molecule has 2 rings (SSSR count). The third-order valence-electron chi connectivity index (χ3n) is 2.97. The van der Waals surface area contributed by atoms with E-state index in [2.05, 4.69) is 25.8 Å². The molecule has 0 saturated heterocycles. The summed E-state index contributed by atoms with van der Waals surface area (Å²) in [6, 6.07) is 7.10. The predicted octanol–water partition coefficient (Wildman–Crippen LogP) is 0.907. The first-order chi connectivity index (χ1) is 10.6. The highest BCUT2D eigenvalue weighted by Crippen LogP contribution is 2.02. The van der Waals surface area contributed by atoms with Gasteiger partial charge in [0.1, 0.15) is 5.69 Å². The summed E-state index contributed by atoms with van der Waals surface area (Å²) < 4.78 is 0. The number of nitrogens with one attached hydrogen (secondary N) is 3. The first-order valence-corrected chi connectivity index (χ1v) is 6.73. The van der Waals surface area contributed by atoms with E-state index in [1.165, 1.54) is 6.21 Å². The van der Waals surface area contributed by atoms with Crippen LogP contribution < -0.4 is 10.7 Å². The van der Waals surface area contributed by atoms with Gasteiger partial charge in [-0.2, -0.15) is 5.10 Å². The number of amides is 2. The van der Waals surface area contributed by atoms with Crippen molar-refractivity contribution in [2.24, 2.45) is 5.10 Å². The number of carbonyl (C=O) groups excluding carboxylic acids is 2. The van der Waals surface area contributed by atoms with Gasteiger partial charge in [-0.05, 0) is 26.0 Å². The molecule has 0 radical (unpaired) electrons. The highest BCUT2D eigenvalue weighted by atomic mass is 16.2. The highest BCUT2D eigenvalue weighted by molar-refractivity contribution is 5.96. The number of carbonyl (C=O) groups is 2. The number of aromatic nitrogens is 2. The van der Waals surface area contributed by atoms with Crippen LogP contribution in [0.2, 0.25) is 0 Å². The zero-order valence-electron chi connectivity index (χ0n) is 12.4. The Balaban J connectivity index is 1.78. The van der Waals surface area contributed by atoms with Gasteiger partial charge in [0, 0.05) is 11.3 Å². The lowest BCUT2D eigenvalue weighted by molar-refractivity contribution is -0.120. The number of imidazole rings is 1. The zero-order chi connectivity index (χ0) is 15.9. The summed E-state index contributed by atoms with van der Waals surface area (Å²) in [5, 5.41) is 6.31. The molecule has 0 fully saturated rings. The minimum atomic E-state index is -0.412. The quantitative estimate of drug-likeness (QED) is 0.565. The molecular weight excluding hydrogens is 282 g/mol. The SMILES string of the molecule is Cc1ccc(C(=O)NCC(=O)NN=Cc2nc[nH]c2C)cc1. The summed E-state index contributed by atoms with van der Waals surface area (Å²) in [5.41, 5.74) is 5.40. The fraction of sp³-hybridized carbons (Fsp3) is 0.200. The van der Waals surface area contributed by atoms with E-state index in [4.69, 9.17) is 0 Å². The van der Waals surface area contributed by atoms with Crippen molar-refractivity contribution in [3.63, 3.8) is 0 Å². The standard InChI is InChI=1S/C15H17N5O2/c1-10-3-5-12(6-4-10)15(22)16-8-14(21)20-19-7-13-11(2)17-9-18-13/h3-7,9H,8H2,1-2H3,(H,16,22)(H,17,18)(H,20,21). The van der Waals surface area contributed by atoms with Gasteiger partial charge in [0.2, 0.25) is 0 Å². The molecule has 2 amide bonds. The fourth-order valence-corrected chi connectivity index (χ4v) is 1.67. The second-order valence-electron chi connectivity index (χ2n) is 4.75. The van der Waals surface area contributed by atoms with Crippen LogP contribution in [0.5, 0.6) is 0 Å². The van der Waals surface area contributed by atoms with Crippen LogP contribution >= 0.6 is 0 Å². The largest absolute Gasteiger partial charge is 0.348 e. The van der Waals surface area contributed by atoms with Gasteiger partial charge in [0.15, 0.2) is 0 Å². The number of aromatic amines is 1. The van der Waals surface area contributed by atoms with Gasteiger partial charge >= 0.3 is 0 Å². The summed E-state index contributed by atoms with van der Waals surface area (Å²) >= 11 is 0. The van der Waals surface area contributed by atoms with Crippen molar-refractivity contribution in [3.8, 4) is 0 Å². The molecule has 1 aromatic carbocycles. The van der Waals surface area contributed by atoms with Gasteiger partial charge < -0.3 is 10.3 Å². The maximum atomic E-state index is 11.8. The number of aryl methyl sites for hydroxylation is 2. The number of hydrogen-bond acceptors (Lipinski definition) is 4. The molecule has 1 heterocycles. The van der Waals surface area contributed by atoms with Gasteiger partial charge in [0.05, 0.1) is 19.1 Å². The monoisotopic (exact) mass is 299 g/mol. The lowest BCUT2D eigenvalue weighted by atomic mass is 10.1. The molecule has 0 aliphatic rings. The summed E-state index contributed by atoms with van der Waals surface area (Å²) in [7, 11) is 0. The lowest BCUT2D eigenvalue weighted by Crippen LogP contribution is -2.34. The van der Waals surface area contributed by atoms with E-state index in [1.807, 2.05) is 26.0 Å². The van der Waals surface area contributed by atoms with Gasteiger partial charge in [0.25, 0.3) is 11.8 Å². The van der Waals surface area contributed by atoms with Crippen LogP contribution in [-0.4, -0.2) is 34.5 Å². The predicted molar refractivity (Wildman–Crippen MR) is 82.6 cm³/mol. The second-order valence-corrected chi connectivity index (χ2v) is 4.75. The summed E-state index contributed by atoms with van der Waals surface area (Å²) in [6.45, 7) is 3.63. The van der Waals surface area contributed by atoms with Crippen molar-refractivity contribution in [2.75, 3.05) is 6.54 Å². The van der Waals surface area contributed by atoms with Crippen LogP contribution in [-0.2, 0) is 4.79 Å². The Morgan fingerprint density at radius 3 is 2.64 bits per heavy atom. The Hall–Kier alpha value is -2.96. The van der Waals surface area contributed by atoms with Crippen LogP contribution in [0.15, 0.2) is 35.7 Å². The number of hydrazone groups is 1. The fourth-order valence-electron chi connectivity index (χ4n) is 1.67. The third kappa shape index (κ3) is 4.27. The van der Waals surface area contributed by atoms with Crippen LogP contribution in [0.25, 0.3) is 0 Å². The van der Waals surface area contributed by atoms with E-state index >= 15 is 0 Å². The minimum Gasteiger partial charge on any atom is -0.348 e. The zero-order valence-corrected chi connectivity index (χ0v) is 12.4. The number of hydrogen-bond donors (Lipinski definition) is 3. The van der Waals surface area contributed by atoms with Gasteiger partial charge in [-0.3, -0.25) is 9.59 Å². The lowest BCUT2D eigenvalue weighted by Gasteiger charge is -2.04. The number of H-pyrrole nitrogens is 1. The first kappa shape index (κ1) is 15.4. The first-order valence-electron chi connectivity index (χ1n) is 6.73. The highest BCUT2D eigenvalue weighted by Gasteiger charge is 2.07. The third-order valence-corrected chi connectivity index (χ3v) is 2.97. The van der Waals surface area contributed by atoms with Crippen molar-refractivity contribution in [1.29, 1.82) is 0 Å². The van der Waals surface area contributed by atoms with E-state index in [9.17, 15) is 9.59 Å². The van der Waals surface area contributed by atoms with E-state index in [0.29, 0.717) is 11.3 Å². The molecule has 22 heavy (non-hydrogen) atoms. The average molecular weight is 299 g/mol. The maximum Gasteiger partial charge on any atom is 0.259 e. The Morgan fingerprint density at radius 1 is 1.27 bits per heavy atom. The molecule has 7 heteroatoms. The van der Waals surface area contributed by atoms with Crippen molar-refractivity contribution in [2.45, 2.75) is 13.8 Å². The average Bonchev–Trinajstić information content (AvgIpc) is 2.91. The van der Waals surface area contributed by atoms with Crippen LogP contribution in [0, 0.1) is 13.8 Å². The normalized spacial score (nSPS) is 10.6. The summed E-state index contributed by atoms with van der Waals surface area (Å²) in [4.78, 5) is 30.3. The molecule has 2 aromatic rings. The van der Waals surface area contributed by atoms with E-state index in [1.54, 1.807) is 18.5 Å². The second kappa shape index (κ2) is 7.16. The number of nitrogens with zero attached hydrogens (tertiary/aromatic N) is 2. The van der Waals surface area contributed by atoms with Crippen molar-refractivity contribution in [3.05, 3.63) is 53.1 Å². The molecule has 0 unspecified atom stereocenters. The molecule has 3 N–H and O–H groups in total. The Labute approximate surface area is 127 Å². The molecule has 0 aliphatic heterocycles. The Morgan fingerprint density at radius 2 is 2.00 bits per heavy atom. The molecule has 0 saturated carbocycles. The van der Waals surface area contributed by atoms with E-state index < -0.39 is 5.91 Å². The molecular formula is C15H17N5O2. The Kier molecular flexibility index (Phi) is 5.02. The van der Waals surface area contributed by atoms with Crippen molar-refractivity contribution < 1.29 is 9.59 Å². The van der Waals surface area contributed by atoms with Crippen LogP contribution in [0.4, 0.5) is 0 Å². The van der Waals surface area contributed by atoms with Gasteiger partial charge in [-0.1, -0.05) is 17.7 Å².